The summed E-state index contributed by atoms with van der Waals surface area (Å²) in [5.41, 5.74) is 5.32. The van der Waals surface area contributed by atoms with E-state index in [4.69, 9.17) is 21.2 Å². The molecule has 1 rings (SSSR count). The summed E-state index contributed by atoms with van der Waals surface area (Å²) in [6.07, 6.45) is 0. The van der Waals surface area contributed by atoms with Crippen molar-refractivity contribution in [3.8, 4) is 17.6 Å². The SMILES string of the molecule is N#Cc1ccc(O)c(O)c1N. The second-order valence-corrected chi connectivity index (χ2v) is 2.01. The molecule has 4 N–H and O–H groups in total. The van der Waals surface area contributed by atoms with Gasteiger partial charge in [0.05, 0.1) is 11.3 Å². The number of nitriles is 1. The fraction of sp³-hybridized carbons (Fsp3) is 0. The summed E-state index contributed by atoms with van der Waals surface area (Å²) in [7, 11) is 0. The molecule has 0 saturated carbocycles. The summed E-state index contributed by atoms with van der Waals surface area (Å²) >= 11 is 0. The molecule has 4 heteroatoms. The molecule has 0 heterocycles. The minimum absolute atomic E-state index is 0.0903. The van der Waals surface area contributed by atoms with Crippen LogP contribution in [0.25, 0.3) is 0 Å². The molecular weight excluding hydrogens is 144 g/mol. The normalized spacial score (nSPS) is 9.00. The number of phenolic OH excluding ortho intramolecular Hbond substituents is 2. The van der Waals surface area contributed by atoms with Gasteiger partial charge in [0.15, 0.2) is 11.5 Å². The van der Waals surface area contributed by atoms with Crippen LogP contribution in [-0.4, -0.2) is 10.2 Å². The number of anilines is 1. The Morgan fingerprint density at radius 3 is 2.55 bits per heavy atom. The van der Waals surface area contributed by atoms with Crippen molar-refractivity contribution < 1.29 is 10.2 Å². The predicted molar refractivity (Wildman–Crippen MR) is 38.9 cm³/mol. The molecule has 0 fully saturated rings. The number of hydrogen-bond donors (Lipinski definition) is 3. The highest BCUT2D eigenvalue weighted by molar-refractivity contribution is 5.67. The first-order valence-corrected chi connectivity index (χ1v) is 2.87. The van der Waals surface area contributed by atoms with E-state index < -0.39 is 5.75 Å². The van der Waals surface area contributed by atoms with Crippen molar-refractivity contribution in [2.24, 2.45) is 0 Å². The third-order valence-corrected chi connectivity index (χ3v) is 1.32. The van der Waals surface area contributed by atoms with Crippen LogP contribution in [0.3, 0.4) is 0 Å². The Balaban J connectivity index is 3.40. The minimum atomic E-state index is -0.441. The van der Waals surface area contributed by atoms with Crippen LogP contribution in [0.2, 0.25) is 0 Å². The van der Waals surface area contributed by atoms with Gasteiger partial charge in [-0.2, -0.15) is 5.26 Å². The molecule has 0 spiro atoms. The molecule has 1 aromatic rings. The van der Waals surface area contributed by atoms with Gasteiger partial charge in [-0.15, -0.1) is 0 Å². The van der Waals surface area contributed by atoms with Gasteiger partial charge in [-0.25, -0.2) is 0 Å². The fourth-order valence-electron chi connectivity index (χ4n) is 0.694. The van der Waals surface area contributed by atoms with E-state index in [-0.39, 0.29) is 17.0 Å². The lowest BCUT2D eigenvalue weighted by Crippen LogP contribution is -1.90. The summed E-state index contributed by atoms with van der Waals surface area (Å²) in [6.45, 7) is 0. The van der Waals surface area contributed by atoms with Gasteiger partial charge in [0.1, 0.15) is 6.07 Å². The summed E-state index contributed by atoms with van der Waals surface area (Å²) in [4.78, 5) is 0. The maximum atomic E-state index is 8.99. The molecule has 0 radical (unpaired) electrons. The Bertz CT molecular complexity index is 328. The number of aromatic hydroxyl groups is 2. The first-order chi connectivity index (χ1) is 5.16. The number of rotatable bonds is 0. The van der Waals surface area contributed by atoms with Crippen LogP contribution in [-0.2, 0) is 0 Å². The predicted octanol–water partition coefficient (Wildman–Crippen LogP) is 0.552. The Morgan fingerprint density at radius 1 is 1.36 bits per heavy atom. The molecule has 0 bridgehead atoms. The van der Waals surface area contributed by atoms with E-state index in [1.54, 1.807) is 6.07 Å². The van der Waals surface area contributed by atoms with E-state index in [0.29, 0.717) is 0 Å². The summed E-state index contributed by atoms with van der Waals surface area (Å²) in [5, 5.41) is 26.3. The quantitative estimate of drug-likeness (QED) is 0.372. The summed E-state index contributed by atoms with van der Waals surface area (Å²) < 4.78 is 0. The smallest absolute Gasteiger partial charge is 0.182 e. The Labute approximate surface area is 63.1 Å². The fourth-order valence-corrected chi connectivity index (χ4v) is 0.694. The lowest BCUT2D eigenvalue weighted by molar-refractivity contribution is 0.405. The molecule has 0 unspecified atom stereocenters. The number of nitrogens with two attached hydrogens (primary N) is 1. The maximum Gasteiger partial charge on any atom is 0.182 e. The van der Waals surface area contributed by atoms with Crippen molar-refractivity contribution >= 4 is 5.69 Å². The van der Waals surface area contributed by atoms with Crippen molar-refractivity contribution in [2.45, 2.75) is 0 Å². The van der Waals surface area contributed by atoms with Gasteiger partial charge in [-0.3, -0.25) is 0 Å². The topological polar surface area (TPSA) is 90.3 Å². The Morgan fingerprint density at radius 2 is 2.00 bits per heavy atom. The van der Waals surface area contributed by atoms with Gasteiger partial charge >= 0.3 is 0 Å². The average molecular weight is 150 g/mol. The van der Waals surface area contributed by atoms with Gasteiger partial charge in [-0.1, -0.05) is 0 Å². The lowest BCUT2D eigenvalue weighted by atomic mass is 10.2. The minimum Gasteiger partial charge on any atom is -0.504 e. The van der Waals surface area contributed by atoms with Crippen molar-refractivity contribution in [1.82, 2.24) is 0 Å². The molecule has 0 amide bonds. The lowest BCUT2D eigenvalue weighted by Gasteiger charge is -2.01. The van der Waals surface area contributed by atoms with Crippen LogP contribution >= 0.6 is 0 Å². The molecule has 0 saturated heterocycles. The average Bonchev–Trinajstić information content (AvgIpc) is 2.01. The van der Waals surface area contributed by atoms with Crippen molar-refractivity contribution in [1.29, 1.82) is 5.26 Å². The van der Waals surface area contributed by atoms with Crippen molar-refractivity contribution in [2.75, 3.05) is 5.73 Å². The third-order valence-electron chi connectivity index (χ3n) is 1.32. The summed E-state index contributed by atoms with van der Waals surface area (Å²) in [5.74, 6) is -0.759. The number of benzene rings is 1. The van der Waals surface area contributed by atoms with E-state index in [1.807, 2.05) is 0 Å². The third kappa shape index (κ3) is 1.03. The monoisotopic (exact) mass is 150 g/mol. The number of nitrogen functional groups attached to an aromatic ring is 1. The molecule has 1 aromatic carbocycles. The molecule has 0 aliphatic rings. The number of phenols is 2. The van der Waals surface area contributed by atoms with Crippen LogP contribution in [0, 0.1) is 11.3 Å². The number of hydrogen-bond acceptors (Lipinski definition) is 4. The van der Waals surface area contributed by atoms with Gasteiger partial charge in [-0.05, 0) is 12.1 Å². The highest BCUT2D eigenvalue weighted by Crippen LogP contribution is 2.32. The highest BCUT2D eigenvalue weighted by Gasteiger charge is 2.07. The summed E-state index contributed by atoms with van der Waals surface area (Å²) in [6, 6.07) is 4.32. The van der Waals surface area contributed by atoms with Gasteiger partial charge in [0, 0.05) is 0 Å². The molecule has 0 aliphatic carbocycles. The number of nitrogens with zero attached hydrogens (tertiary/aromatic N) is 1. The molecule has 0 aliphatic heterocycles. The van der Waals surface area contributed by atoms with Crippen LogP contribution < -0.4 is 5.73 Å². The Kier molecular flexibility index (Phi) is 1.57. The zero-order valence-electron chi connectivity index (χ0n) is 5.57. The van der Waals surface area contributed by atoms with E-state index in [1.165, 1.54) is 12.1 Å². The van der Waals surface area contributed by atoms with E-state index in [9.17, 15) is 0 Å². The zero-order valence-corrected chi connectivity index (χ0v) is 5.57. The van der Waals surface area contributed by atoms with E-state index in [0.717, 1.165) is 0 Å². The molecule has 11 heavy (non-hydrogen) atoms. The van der Waals surface area contributed by atoms with Gasteiger partial charge in [0.25, 0.3) is 0 Å². The molecule has 0 atom stereocenters. The standard InChI is InChI=1S/C7H6N2O2/c8-3-4-1-2-5(10)7(11)6(4)9/h1-2,10-11H,9H2. The van der Waals surface area contributed by atoms with E-state index in [2.05, 4.69) is 0 Å². The van der Waals surface area contributed by atoms with Crippen LogP contribution in [0.5, 0.6) is 11.5 Å². The second-order valence-electron chi connectivity index (χ2n) is 2.01. The Hall–Kier alpha value is -1.89. The van der Waals surface area contributed by atoms with Gasteiger partial charge < -0.3 is 15.9 Å². The molecule has 4 nitrogen and oxygen atoms in total. The molecular formula is C7H6N2O2. The van der Waals surface area contributed by atoms with Crippen LogP contribution in [0.15, 0.2) is 12.1 Å². The first kappa shape index (κ1) is 7.22. The van der Waals surface area contributed by atoms with Crippen molar-refractivity contribution in [3.05, 3.63) is 17.7 Å². The first-order valence-electron chi connectivity index (χ1n) is 2.87. The highest BCUT2D eigenvalue weighted by atomic mass is 16.3. The molecule has 56 valence electrons. The van der Waals surface area contributed by atoms with E-state index >= 15 is 0 Å². The maximum absolute atomic E-state index is 8.99. The van der Waals surface area contributed by atoms with Crippen LogP contribution in [0.4, 0.5) is 5.69 Å². The second kappa shape index (κ2) is 2.39. The largest absolute Gasteiger partial charge is 0.504 e. The van der Waals surface area contributed by atoms with Crippen molar-refractivity contribution in [3.63, 3.8) is 0 Å². The zero-order chi connectivity index (χ0) is 8.43. The van der Waals surface area contributed by atoms with Crippen LogP contribution in [0.1, 0.15) is 5.56 Å². The van der Waals surface area contributed by atoms with Gasteiger partial charge in [0.2, 0.25) is 0 Å². The molecule has 0 aromatic heterocycles.